The summed E-state index contributed by atoms with van der Waals surface area (Å²) in [6.07, 6.45) is 1.51. The predicted octanol–water partition coefficient (Wildman–Crippen LogP) is 3.56. The molecule has 10 heteroatoms. The number of nitro groups is 1. The SMILES string of the molecule is CN(C)c1ccc(C(=O)Nc2ccc(-c3nc4ccc([N+](=O)[O-])cc4n3O)cc2)cn1. The van der Waals surface area contributed by atoms with Crippen molar-refractivity contribution in [2.24, 2.45) is 0 Å². The van der Waals surface area contributed by atoms with Crippen molar-refractivity contribution in [2.75, 3.05) is 24.3 Å². The van der Waals surface area contributed by atoms with Crippen molar-refractivity contribution >= 4 is 34.1 Å². The molecular weight excluding hydrogens is 400 g/mol. The van der Waals surface area contributed by atoms with Gasteiger partial charge >= 0.3 is 0 Å². The first-order valence-corrected chi connectivity index (χ1v) is 9.25. The molecule has 156 valence electrons. The molecule has 0 bridgehead atoms. The zero-order valence-electron chi connectivity index (χ0n) is 16.7. The number of fused-ring (bicyclic) bond motifs is 1. The number of aromatic nitrogens is 3. The Morgan fingerprint density at radius 2 is 1.87 bits per heavy atom. The van der Waals surface area contributed by atoms with Crippen LogP contribution in [-0.4, -0.2) is 44.8 Å². The normalized spacial score (nSPS) is 10.8. The van der Waals surface area contributed by atoms with Crippen molar-refractivity contribution in [1.29, 1.82) is 0 Å². The Labute approximate surface area is 176 Å². The molecule has 0 aliphatic rings. The number of pyridine rings is 1. The highest BCUT2D eigenvalue weighted by molar-refractivity contribution is 6.04. The van der Waals surface area contributed by atoms with Crippen molar-refractivity contribution < 1.29 is 14.9 Å². The molecule has 0 saturated heterocycles. The number of imidazole rings is 1. The van der Waals surface area contributed by atoms with Crippen LogP contribution in [0.3, 0.4) is 0 Å². The van der Waals surface area contributed by atoms with E-state index in [4.69, 9.17) is 0 Å². The third-order valence-corrected chi connectivity index (χ3v) is 4.69. The summed E-state index contributed by atoms with van der Waals surface area (Å²) in [5.41, 5.74) is 2.08. The van der Waals surface area contributed by atoms with Crippen LogP contribution in [0.5, 0.6) is 0 Å². The first kappa shape index (κ1) is 19.8. The second-order valence-electron chi connectivity index (χ2n) is 7.01. The predicted molar refractivity (Wildman–Crippen MR) is 116 cm³/mol. The lowest BCUT2D eigenvalue weighted by atomic mass is 10.2. The van der Waals surface area contributed by atoms with E-state index in [2.05, 4.69) is 15.3 Å². The maximum absolute atomic E-state index is 12.4. The van der Waals surface area contributed by atoms with Gasteiger partial charge in [-0.2, -0.15) is 4.73 Å². The van der Waals surface area contributed by atoms with E-state index in [1.807, 2.05) is 19.0 Å². The number of amides is 1. The summed E-state index contributed by atoms with van der Waals surface area (Å²) < 4.78 is 0.813. The van der Waals surface area contributed by atoms with E-state index in [1.54, 1.807) is 36.4 Å². The zero-order chi connectivity index (χ0) is 22.1. The second kappa shape index (κ2) is 7.75. The molecule has 4 rings (SSSR count). The molecule has 2 aromatic carbocycles. The molecule has 0 aliphatic carbocycles. The fourth-order valence-electron chi connectivity index (χ4n) is 3.04. The molecule has 31 heavy (non-hydrogen) atoms. The topological polar surface area (TPSA) is 126 Å². The molecule has 2 heterocycles. The standard InChI is InChI=1S/C21H18N6O4/c1-25(2)19-10-5-14(12-22-19)21(28)23-15-6-3-13(4-7-15)20-24-17-9-8-16(27(30)31)11-18(17)26(20)29/h3-12,29H,1-2H3,(H,23,28). The Hall–Kier alpha value is -4.47. The van der Waals surface area contributed by atoms with Crippen LogP contribution in [0.2, 0.25) is 0 Å². The fraction of sp³-hybridized carbons (Fsp3) is 0.0952. The number of non-ortho nitro benzene ring substituents is 1. The first-order valence-electron chi connectivity index (χ1n) is 9.25. The van der Waals surface area contributed by atoms with Gasteiger partial charge in [-0.3, -0.25) is 14.9 Å². The van der Waals surface area contributed by atoms with E-state index >= 15 is 0 Å². The number of carbonyl (C=O) groups excluding carboxylic acids is 1. The van der Waals surface area contributed by atoms with Crippen molar-refractivity contribution in [3.05, 3.63) is 76.5 Å². The molecule has 10 nitrogen and oxygen atoms in total. The van der Waals surface area contributed by atoms with Crippen LogP contribution in [0.4, 0.5) is 17.2 Å². The average Bonchev–Trinajstić information content (AvgIpc) is 3.10. The van der Waals surface area contributed by atoms with Crippen LogP contribution in [0.15, 0.2) is 60.8 Å². The third kappa shape index (κ3) is 3.86. The Balaban J connectivity index is 1.55. The van der Waals surface area contributed by atoms with Crippen LogP contribution in [0, 0.1) is 10.1 Å². The van der Waals surface area contributed by atoms with Gasteiger partial charge in [0.2, 0.25) is 0 Å². The van der Waals surface area contributed by atoms with Crippen LogP contribution >= 0.6 is 0 Å². The minimum absolute atomic E-state index is 0.139. The Morgan fingerprint density at radius 1 is 1.13 bits per heavy atom. The number of benzene rings is 2. The summed E-state index contributed by atoms with van der Waals surface area (Å²) in [4.78, 5) is 33.3. The highest BCUT2D eigenvalue weighted by Crippen LogP contribution is 2.27. The van der Waals surface area contributed by atoms with Crippen LogP contribution < -0.4 is 10.2 Å². The number of nitrogens with zero attached hydrogens (tertiary/aromatic N) is 5. The fourth-order valence-corrected chi connectivity index (χ4v) is 3.04. The highest BCUT2D eigenvalue weighted by atomic mass is 16.6. The smallest absolute Gasteiger partial charge is 0.271 e. The molecule has 2 N–H and O–H groups in total. The Morgan fingerprint density at radius 3 is 2.48 bits per heavy atom. The maximum atomic E-state index is 12.4. The molecule has 4 aromatic rings. The van der Waals surface area contributed by atoms with Gasteiger partial charge in [0.15, 0.2) is 5.82 Å². The van der Waals surface area contributed by atoms with Gasteiger partial charge in [0.05, 0.1) is 16.0 Å². The summed E-state index contributed by atoms with van der Waals surface area (Å²) in [7, 11) is 3.73. The number of anilines is 2. The lowest BCUT2D eigenvalue weighted by Gasteiger charge is -2.11. The van der Waals surface area contributed by atoms with Crippen LogP contribution in [0.25, 0.3) is 22.4 Å². The molecule has 0 spiro atoms. The summed E-state index contributed by atoms with van der Waals surface area (Å²) in [5.74, 6) is 0.683. The molecule has 0 aliphatic heterocycles. The van der Waals surface area contributed by atoms with Gasteiger partial charge in [-0.1, -0.05) is 0 Å². The van der Waals surface area contributed by atoms with Gasteiger partial charge in [-0.05, 0) is 42.5 Å². The lowest BCUT2D eigenvalue weighted by Crippen LogP contribution is -2.14. The molecule has 0 unspecified atom stereocenters. The molecular formula is C21H18N6O4. The van der Waals surface area contributed by atoms with E-state index in [-0.39, 0.29) is 22.9 Å². The number of carbonyl (C=O) groups is 1. The lowest BCUT2D eigenvalue weighted by molar-refractivity contribution is -0.384. The Kier molecular flexibility index (Phi) is 4.96. The number of nitro benzene ring substituents is 1. The van der Waals surface area contributed by atoms with E-state index < -0.39 is 4.92 Å². The van der Waals surface area contributed by atoms with Crippen molar-refractivity contribution in [3.63, 3.8) is 0 Å². The van der Waals surface area contributed by atoms with Gasteiger partial charge in [-0.25, -0.2) is 9.97 Å². The quantitative estimate of drug-likeness (QED) is 0.288. The second-order valence-corrected chi connectivity index (χ2v) is 7.01. The van der Waals surface area contributed by atoms with Crippen molar-refractivity contribution in [2.45, 2.75) is 0 Å². The summed E-state index contributed by atoms with van der Waals surface area (Å²) >= 11 is 0. The van der Waals surface area contributed by atoms with Gasteiger partial charge in [0.1, 0.15) is 11.3 Å². The van der Waals surface area contributed by atoms with E-state index in [0.717, 1.165) is 10.5 Å². The van der Waals surface area contributed by atoms with Crippen LogP contribution in [0.1, 0.15) is 10.4 Å². The van der Waals surface area contributed by atoms with Crippen molar-refractivity contribution in [1.82, 2.24) is 14.7 Å². The number of hydrogen-bond donors (Lipinski definition) is 2. The van der Waals surface area contributed by atoms with Crippen molar-refractivity contribution in [3.8, 4) is 11.4 Å². The van der Waals surface area contributed by atoms with Gasteiger partial charge < -0.3 is 15.4 Å². The number of hydrogen-bond acceptors (Lipinski definition) is 7. The largest absolute Gasteiger partial charge is 0.426 e. The van der Waals surface area contributed by atoms with Gasteiger partial charge in [0, 0.05) is 43.7 Å². The highest BCUT2D eigenvalue weighted by Gasteiger charge is 2.16. The number of nitrogens with one attached hydrogen (secondary N) is 1. The maximum Gasteiger partial charge on any atom is 0.271 e. The summed E-state index contributed by atoms with van der Waals surface area (Å²) in [6, 6.07) is 14.2. The Bertz CT molecular complexity index is 1280. The van der Waals surface area contributed by atoms with Crippen LogP contribution in [-0.2, 0) is 0 Å². The zero-order valence-corrected chi connectivity index (χ0v) is 16.7. The summed E-state index contributed by atoms with van der Waals surface area (Å²) in [6.45, 7) is 0. The molecule has 0 radical (unpaired) electrons. The monoisotopic (exact) mass is 418 g/mol. The minimum Gasteiger partial charge on any atom is -0.426 e. The van der Waals surface area contributed by atoms with E-state index in [9.17, 15) is 20.1 Å². The summed E-state index contributed by atoms with van der Waals surface area (Å²) in [5, 5.41) is 24.2. The molecule has 0 saturated carbocycles. The minimum atomic E-state index is -0.535. The molecule has 0 atom stereocenters. The van der Waals surface area contributed by atoms with Gasteiger partial charge in [0.25, 0.3) is 11.6 Å². The average molecular weight is 418 g/mol. The van der Waals surface area contributed by atoms with Gasteiger partial charge in [-0.15, -0.1) is 0 Å². The van der Waals surface area contributed by atoms with E-state index in [1.165, 1.54) is 24.4 Å². The van der Waals surface area contributed by atoms with E-state index in [0.29, 0.717) is 22.3 Å². The third-order valence-electron chi connectivity index (χ3n) is 4.69. The molecule has 2 aromatic heterocycles. The first-order chi connectivity index (χ1) is 14.8. The molecule has 0 fully saturated rings. The number of rotatable bonds is 5. The molecule has 1 amide bonds.